The van der Waals surface area contributed by atoms with E-state index < -0.39 is 0 Å². The lowest BCUT2D eigenvalue weighted by molar-refractivity contribution is -0.149. The van der Waals surface area contributed by atoms with Crippen LogP contribution in [-0.4, -0.2) is 30.6 Å². The van der Waals surface area contributed by atoms with E-state index in [1.165, 1.54) is 0 Å². The number of nitrogens with zero attached hydrogens (tertiary/aromatic N) is 1. The van der Waals surface area contributed by atoms with Crippen LogP contribution < -0.4 is 0 Å². The molecule has 0 amide bonds. The molecule has 0 bridgehead atoms. The van der Waals surface area contributed by atoms with E-state index >= 15 is 0 Å². The lowest BCUT2D eigenvalue weighted by atomic mass is 10.1. The fourth-order valence-corrected chi connectivity index (χ4v) is 2.11. The number of likely N-dealkylation sites (N-methyl/N-ethyl adjacent to an activating group) is 1. The van der Waals surface area contributed by atoms with Crippen LogP contribution in [0.25, 0.3) is 0 Å². The first-order valence-electron chi connectivity index (χ1n) is 6.70. The van der Waals surface area contributed by atoms with E-state index in [9.17, 15) is 4.79 Å². The summed E-state index contributed by atoms with van der Waals surface area (Å²) in [5, 5.41) is 0. The Labute approximate surface area is 110 Å². The highest BCUT2D eigenvalue weighted by Crippen LogP contribution is 2.22. The van der Waals surface area contributed by atoms with Crippen LogP contribution in [-0.2, 0) is 9.53 Å². The number of hydrogen-bond donors (Lipinski definition) is 0. The normalized spacial score (nSPS) is 12.4. The van der Waals surface area contributed by atoms with Crippen LogP contribution in [0.1, 0.15) is 38.8 Å². The minimum absolute atomic E-state index is 0.154. The largest absolute Gasteiger partial charge is 0.465 e. The van der Waals surface area contributed by atoms with E-state index in [0.29, 0.717) is 6.61 Å². The molecule has 3 nitrogen and oxygen atoms in total. The van der Waals surface area contributed by atoms with Gasteiger partial charge in [-0.25, -0.2) is 4.79 Å². The van der Waals surface area contributed by atoms with Gasteiger partial charge in [-0.2, -0.15) is 0 Å². The molecule has 1 rings (SSSR count). The Kier molecular flexibility index (Phi) is 6.44. The van der Waals surface area contributed by atoms with Crippen molar-refractivity contribution in [1.29, 1.82) is 0 Å². The molecule has 0 aliphatic rings. The molecule has 1 unspecified atom stereocenters. The summed E-state index contributed by atoms with van der Waals surface area (Å²) < 4.78 is 5.21. The number of hydrogen-bond acceptors (Lipinski definition) is 3. The van der Waals surface area contributed by atoms with Gasteiger partial charge in [0.25, 0.3) is 0 Å². The summed E-state index contributed by atoms with van der Waals surface area (Å²) >= 11 is 0. The second-order valence-electron chi connectivity index (χ2n) is 4.19. The molecule has 1 aromatic rings. The number of carbonyl (C=O) groups is 1. The fourth-order valence-electron chi connectivity index (χ4n) is 2.11. The zero-order valence-electron chi connectivity index (χ0n) is 11.6. The third-order valence-electron chi connectivity index (χ3n) is 2.91. The Balaban J connectivity index is 2.97. The zero-order chi connectivity index (χ0) is 13.4. The van der Waals surface area contributed by atoms with Crippen LogP contribution in [0.4, 0.5) is 0 Å². The maximum atomic E-state index is 12.2. The van der Waals surface area contributed by atoms with Crippen LogP contribution in [0, 0.1) is 0 Å². The molecular formula is C15H23NO2. The summed E-state index contributed by atoms with van der Waals surface area (Å²) in [7, 11) is 0. The highest BCUT2D eigenvalue weighted by Gasteiger charge is 2.27. The Bertz CT molecular complexity index is 351. The summed E-state index contributed by atoms with van der Waals surface area (Å²) in [4.78, 5) is 14.3. The van der Waals surface area contributed by atoms with Gasteiger partial charge in [0.1, 0.15) is 6.04 Å². The lowest BCUT2D eigenvalue weighted by Crippen LogP contribution is -2.35. The van der Waals surface area contributed by atoms with Crippen LogP contribution in [0.5, 0.6) is 0 Å². The van der Waals surface area contributed by atoms with Crippen molar-refractivity contribution < 1.29 is 9.53 Å². The third-order valence-corrected chi connectivity index (χ3v) is 2.91. The molecule has 100 valence electrons. The summed E-state index contributed by atoms with van der Waals surface area (Å²) in [5.74, 6) is -0.154. The quantitative estimate of drug-likeness (QED) is 0.696. The van der Waals surface area contributed by atoms with Gasteiger partial charge < -0.3 is 4.74 Å². The van der Waals surface area contributed by atoms with Gasteiger partial charge in [-0.1, -0.05) is 44.2 Å². The average Bonchev–Trinajstić information content (AvgIpc) is 2.39. The predicted molar refractivity (Wildman–Crippen MR) is 73.4 cm³/mol. The van der Waals surface area contributed by atoms with Crippen LogP contribution >= 0.6 is 0 Å². The van der Waals surface area contributed by atoms with Crippen LogP contribution in [0.3, 0.4) is 0 Å². The minimum atomic E-state index is -0.281. The molecule has 1 aromatic carbocycles. The molecule has 0 N–H and O–H groups in total. The first kappa shape index (κ1) is 14.7. The van der Waals surface area contributed by atoms with E-state index in [1.807, 2.05) is 37.3 Å². The van der Waals surface area contributed by atoms with Crippen LogP contribution in [0.2, 0.25) is 0 Å². The van der Waals surface area contributed by atoms with Crippen molar-refractivity contribution in [3.63, 3.8) is 0 Å². The molecular weight excluding hydrogens is 226 g/mol. The molecule has 0 aliphatic carbocycles. The maximum absolute atomic E-state index is 12.2. The number of esters is 1. The molecule has 0 heterocycles. The summed E-state index contributed by atoms with van der Waals surface area (Å²) in [6.07, 6.45) is 1.02. The van der Waals surface area contributed by atoms with Crippen molar-refractivity contribution in [2.75, 3.05) is 19.7 Å². The second kappa shape index (κ2) is 7.88. The molecule has 0 spiro atoms. The van der Waals surface area contributed by atoms with Gasteiger partial charge in [-0.05, 0) is 32.0 Å². The molecule has 18 heavy (non-hydrogen) atoms. The molecule has 0 aliphatic heterocycles. The van der Waals surface area contributed by atoms with Gasteiger partial charge >= 0.3 is 5.97 Å². The fraction of sp³-hybridized carbons (Fsp3) is 0.533. The van der Waals surface area contributed by atoms with Gasteiger partial charge in [0.2, 0.25) is 0 Å². The molecule has 3 heteroatoms. The van der Waals surface area contributed by atoms with Gasteiger partial charge in [-0.3, -0.25) is 4.90 Å². The van der Waals surface area contributed by atoms with Crippen LogP contribution in [0.15, 0.2) is 30.3 Å². The zero-order valence-corrected chi connectivity index (χ0v) is 11.6. The summed E-state index contributed by atoms with van der Waals surface area (Å²) in [6, 6.07) is 9.57. The molecule has 1 atom stereocenters. The molecule has 0 fully saturated rings. The highest BCUT2D eigenvalue weighted by molar-refractivity contribution is 5.77. The van der Waals surface area contributed by atoms with E-state index in [2.05, 4.69) is 18.7 Å². The van der Waals surface area contributed by atoms with Crippen molar-refractivity contribution >= 4 is 5.97 Å². The number of carbonyl (C=O) groups excluding carboxylic acids is 1. The van der Waals surface area contributed by atoms with Gasteiger partial charge in [0.05, 0.1) is 6.61 Å². The summed E-state index contributed by atoms with van der Waals surface area (Å²) in [5.41, 5.74) is 1.01. The first-order valence-corrected chi connectivity index (χ1v) is 6.70. The van der Waals surface area contributed by atoms with Gasteiger partial charge in [0.15, 0.2) is 0 Å². The topological polar surface area (TPSA) is 29.5 Å². The Morgan fingerprint density at radius 1 is 1.22 bits per heavy atom. The minimum Gasteiger partial charge on any atom is -0.465 e. The first-order chi connectivity index (χ1) is 8.74. The van der Waals surface area contributed by atoms with Gasteiger partial charge in [0, 0.05) is 0 Å². The van der Waals surface area contributed by atoms with E-state index in [0.717, 1.165) is 25.1 Å². The SMILES string of the molecule is CCCN(CC)C(C(=O)OCC)c1ccccc1. The average molecular weight is 249 g/mol. The number of ether oxygens (including phenoxy) is 1. The molecule has 0 aromatic heterocycles. The second-order valence-corrected chi connectivity index (χ2v) is 4.19. The maximum Gasteiger partial charge on any atom is 0.327 e. The smallest absolute Gasteiger partial charge is 0.327 e. The van der Waals surface area contributed by atoms with Crippen molar-refractivity contribution in [3.8, 4) is 0 Å². The van der Waals surface area contributed by atoms with Crippen molar-refractivity contribution in [3.05, 3.63) is 35.9 Å². The molecule has 0 radical (unpaired) electrons. The van der Waals surface area contributed by atoms with E-state index in [1.54, 1.807) is 0 Å². The van der Waals surface area contributed by atoms with Crippen molar-refractivity contribution in [1.82, 2.24) is 4.90 Å². The number of rotatable bonds is 7. The monoisotopic (exact) mass is 249 g/mol. The van der Waals surface area contributed by atoms with Crippen molar-refractivity contribution in [2.24, 2.45) is 0 Å². The Morgan fingerprint density at radius 3 is 2.39 bits per heavy atom. The summed E-state index contributed by atoms with van der Waals surface area (Å²) in [6.45, 7) is 8.20. The Hall–Kier alpha value is -1.35. The van der Waals surface area contributed by atoms with E-state index in [-0.39, 0.29) is 12.0 Å². The van der Waals surface area contributed by atoms with Crippen molar-refractivity contribution in [2.45, 2.75) is 33.2 Å². The number of benzene rings is 1. The van der Waals surface area contributed by atoms with E-state index in [4.69, 9.17) is 4.74 Å². The molecule has 0 saturated carbocycles. The van der Waals surface area contributed by atoms with Gasteiger partial charge in [-0.15, -0.1) is 0 Å². The Morgan fingerprint density at radius 2 is 1.89 bits per heavy atom. The predicted octanol–water partition coefficient (Wildman–Crippen LogP) is 3.02. The lowest BCUT2D eigenvalue weighted by Gasteiger charge is -2.28. The molecule has 0 saturated heterocycles. The standard InChI is InChI=1S/C15H23NO2/c1-4-12-16(5-2)14(15(17)18-6-3)13-10-8-7-9-11-13/h7-11,14H,4-6,12H2,1-3H3. The third kappa shape index (κ3) is 3.84. The highest BCUT2D eigenvalue weighted by atomic mass is 16.5.